The van der Waals surface area contributed by atoms with Crippen molar-refractivity contribution in [2.75, 3.05) is 13.1 Å². The largest absolute Gasteiger partial charge is 0.356 e. The normalized spacial score (nSPS) is 10.2. The van der Waals surface area contributed by atoms with Crippen molar-refractivity contribution in [1.29, 1.82) is 0 Å². The maximum absolute atomic E-state index is 11.3. The van der Waals surface area contributed by atoms with Gasteiger partial charge in [-0.25, -0.2) is 0 Å². The third-order valence-electron chi connectivity index (χ3n) is 2.73. The minimum Gasteiger partial charge on any atom is -0.356 e. The lowest BCUT2D eigenvalue weighted by atomic mass is 10.1. The fourth-order valence-electron chi connectivity index (χ4n) is 1.51. The molecule has 0 saturated heterocycles. The quantitative estimate of drug-likeness (QED) is 0.474. The third-order valence-corrected chi connectivity index (χ3v) is 2.73. The highest BCUT2D eigenvalue weighted by atomic mass is 16.2. The van der Waals surface area contributed by atoms with Crippen LogP contribution in [0.25, 0.3) is 0 Å². The molecule has 128 valence electrons. The van der Waals surface area contributed by atoms with E-state index in [1.54, 1.807) is 6.08 Å². The molecule has 0 aliphatic rings. The van der Waals surface area contributed by atoms with Crippen LogP contribution < -0.4 is 10.6 Å². The van der Waals surface area contributed by atoms with E-state index in [9.17, 15) is 9.59 Å². The van der Waals surface area contributed by atoms with Gasteiger partial charge in [0.05, 0.1) is 0 Å². The second-order valence-corrected chi connectivity index (χ2v) is 4.96. The second-order valence-electron chi connectivity index (χ2n) is 4.96. The van der Waals surface area contributed by atoms with Crippen molar-refractivity contribution < 1.29 is 12.4 Å². The highest BCUT2D eigenvalue weighted by Crippen LogP contribution is 1.98. The van der Waals surface area contributed by atoms with Crippen molar-refractivity contribution >= 4 is 11.8 Å². The van der Waals surface area contributed by atoms with Crippen LogP contribution in [0.5, 0.6) is 0 Å². The Morgan fingerprint density at radius 1 is 1.00 bits per heavy atom. The molecule has 0 rings (SSSR count). The first-order chi connectivity index (χ1) is 10.1. The van der Waals surface area contributed by atoms with Gasteiger partial charge in [0, 0.05) is 21.9 Å². The first-order valence-corrected chi connectivity index (χ1v) is 8.30. The average Bonchev–Trinajstić information content (AvgIpc) is 2.49. The maximum Gasteiger partial charge on any atom is 0.243 e. The summed E-state index contributed by atoms with van der Waals surface area (Å²) < 4.78 is 0. The van der Waals surface area contributed by atoms with E-state index in [4.69, 9.17) is 0 Å². The number of carbonyl (C=O) groups is 2. The van der Waals surface area contributed by atoms with Crippen molar-refractivity contribution in [3.8, 4) is 0 Å². The number of rotatable bonds is 10. The van der Waals surface area contributed by atoms with Crippen LogP contribution in [0.1, 0.15) is 69.6 Å². The Morgan fingerprint density at radius 2 is 1.52 bits per heavy atom. The predicted octanol–water partition coefficient (Wildman–Crippen LogP) is 3.92. The molecule has 4 nitrogen and oxygen atoms in total. The first kappa shape index (κ1) is 22.0. The van der Waals surface area contributed by atoms with Crippen molar-refractivity contribution in [2.24, 2.45) is 5.92 Å². The lowest BCUT2D eigenvalue weighted by molar-refractivity contribution is -0.124. The van der Waals surface area contributed by atoms with Crippen LogP contribution in [-0.2, 0) is 9.59 Å². The van der Waals surface area contributed by atoms with Gasteiger partial charge in [-0.2, -0.15) is 0 Å². The zero-order valence-electron chi connectivity index (χ0n) is 14.5. The molecule has 0 aliphatic heterocycles. The fraction of sp³-hybridized carbons (Fsp3) is 0.765. The summed E-state index contributed by atoms with van der Waals surface area (Å²) in [7, 11) is 0. The van der Waals surface area contributed by atoms with Crippen LogP contribution in [0.15, 0.2) is 12.2 Å². The van der Waals surface area contributed by atoms with E-state index >= 15 is 0 Å². The summed E-state index contributed by atoms with van der Waals surface area (Å²) in [4.78, 5) is 22.5. The Balaban J connectivity index is -0.000000432. The molecule has 0 bridgehead atoms. The molecule has 0 aromatic rings. The van der Waals surface area contributed by atoms with Gasteiger partial charge >= 0.3 is 0 Å². The maximum atomic E-state index is 11.3. The number of hydrogen-bond acceptors (Lipinski definition) is 2. The lowest BCUT2D eigenvalue weighted by Gasteiger charge is -2.07. The molecule has 2 amide bonds. The van der Waals surface area contributed by atoms with Gasteiger partial charge in [-0.15, -0.1) is 0 Å². The SMILES string of the molecule is CC.CC/C=C/C(=O)NCCCCCCNC(=O)C(C)C.[HH].[HH]. The molecular formula is C17H38N2O2. The van der Waals surface area contributed by atoms with Gasteiger partial charge in [-0.3, -0.25) is 9.59 Å². The molecule has 0 atom stereocenters. The molecule has 0 heterocycles. The zero-order valence-corrected chi connectivity index (χ0v) is 14.5. The van der Waals surface area contributed by atoms with E-state index in [1.165, 1.54) is 0 Å². The van der Waals surface area contributed by atoms with Crippen molar-refractivity contribution in [1.82, 2.24) is 10.6 Å². The highest BCUT2D eigenvalue weighted by Gasteiger charge is 2.04. The summed E-state index contributed by atoms with van der Waals surface area (Å²) in [6, 6.07) is 0. The van der Waals surface area contributed by atoms with Gasteiger partial charge in [0.15, 0.2) is 0 Å². The number of unbranched alkanes of at least 4 members (excludes halogenated alkanes) is 3. The molecule has 0 saturated carbocycles. The summed E-state index contributed by atoms with van der Waals surface area (Å²) in [5, 5.41) is 5.74. The van der Waals surface area contributed by atoms with Crippen LogP contribution in [0.3, 0.4) is 0 Å². The third kappa shape index (κ3) is 16.6. The molecule has 2 N–H and O–H groups in total. The minimum absolute atomic E-state index is 0. The van der Waals surface area contributed by atoms with Gasteiger partial charge in [-0.05, 0) is 25.3 Å². The van der Waals surface area contributed by atoms with E-state index in [0.717, 1.165) is 45.2 Å². The molecule has 0 radical (unpaired) electrons. The zero-order chi connectivity index (χ0) is 16.5. The first-order valence-electron chi connectivity index (χ1n) is 8.30. The monoisotopic (exact) mass is 302 g/mol. The molecule has 0 fully saturated rings. The van der Waals surface area contributed by atoms with E-state index < -0.39 is 0 Å². The van der Waals surface area contributed by atoms with Crippen molar-refractivity contribution in [3.63, 3.8) is 0 Å². The smallest absolute Gasteiger partial charge is 0.243 e. The summed E-state index contributed by atoms with van der Waals surface area (Å²) in [6.45, 7) is 11.3. The Labute approximate surface area is 133 Å². The van der Waals surface area contributed by atoms with Crippen molar-refractivity contribution in [3.05, 3.63) is 12.2 Å². The highest BCUT2D eigenvalue weighted by molar-refractivity contribution is 5.87. The van der Waals surface area contributed by atoms with Gasteiger partial charge in [0.25, 0.3) is 0 Å². The number of amides is 2. The van der Waals surface area contributed by atoms with Crippen molar-refractivity contribution in [2.45, 2.75) is 66.7 Å². The molecule has 4 heteroatoms. The molecule has 0 aromatic carbocycles. The number of nitrogens with one attached hydrogen (secondary N) is 2. The Bertz CT molecular complexity index is 296. The van der Waals surface area contributed by atoms with Crippen LogP contribution in [0.4, 0.5) is 0 Å². The van der Waals surface area contributed by atoms with Crippen LogP contribution >= 0.6 is 0 Å². The molecule has 21 heavy (non-hydrogen) atoms. The van der Waals surface area contributed by atoms with Gasteiger partial charge in [0.2, 0.25) is 11.8 Å². The van der Waals surface area contributed by atoms with Crippen LogP contribution in [-0.4, -0.2) is 24.9 Å². The van der Waals surface area contributed by atoms with Crippen LogP contribution in [0, 0.1) is 5.92 Å². The average molecular weight is 303 g/mol. The minimum atomic E-state index is -0.00829. The molecule has 0 spiro atoms. The Morgan fingerprint density at radius 3 is 2.00 bits per heavy atom. The predicted molar refractivity (Wildman–Crippen MR) is 94.3 cm³/mol. The summed E-state index contributed by atoms with van der Waals surface area (Å²) in [6.07, 6.45) is 8.48. The number of allylic oxidation sites excluding steroid dienone is 1. The topological polar surface area (TPSA) is 58.2 Å². The number of hydrogen-bond donors (Lipinski definition) is 2. The summed E-state index contributed by atoms with van der Waals surface area (Å²) >= 11 is 0. The standard InChI is InChI=1S/C15H28N2O2.C2H6.2H2/c1-4-5-10-14(18)16-11-8-6-7-9-12-17-15(19)13(2)3;1-2;;/h5,10,13H,4,6-9,11-12H2,1-3H3,(H,16,18)(H,17,19);1-2H3;2*1H/b10-5+;;;. The molecule has 0 aromatic heterocycles. The molecule has 0 aliphatic carbocycles. The van der Waals surface area contributed by atoms with E-state index in [0.29, 0.717) is 0 Å². The molecular weight excluding hydrogens is 264 g/mol. The Hall–Kier alpha value is -1.32. The van der Waals surface area contributed by atoms with Gasteiger partial charge < -0.3 is 10.6 Å². The van der Waals surface area contributed by atoms with E-state index in [2.05, 4.69) is 10.6 Å². The van der Waals surface area contributed by atoms with E-state index in [1.807, 2.05) is 40.7 Å². The Kier molecular flexibility index (Phi) is 17.5. The summed E-state index contributed by atoms with van der Waals surface area (Å²) in [5.74, 6) is 0.174. The summed E-state index contributed by atoms with van der Waals surface area (Å²) in [5.41, 5.74) is 0. The lowest BCUT2D eigenvalue weighted by Crippen LogP contribution is -2.28. The van der Waals surface area contributed by atoms with Gasteiger partial charge in [0.1, 0.15) is 0 Å². The number of carbonyl (C=O) groups excluding carboxylic acids is 2. The van der Waals surface area contributed by atoms with E-state index in [-0.39, 0.29) is 20.6 Å². The fourth-order valence-corrected chi connectivity index (χ4v) is 1.51. The molecule has 0 unspecified atom stereocenters. The van der Waals surface area contributed by atoms with Gasteiger partial charge in [-0.1, -0.05) is 53.5 Å². The van der Waals surface area contributed by atoms with Crippen LogP contribution in [0.2, 0.25) is 0 Å². The second kappa shape index (κ2) is 16.7.